The highest BCUT2D eigenvalue weighted by Crippen LogP contribution is 2.20. The van der Waals surface area contributed by atoms with Gasteiger partial charge in [-0.1, -0.05) is 11.6 Å². The number of hydrogen-bond acceptors (Lipinski definition) is 2. The lowest BCUT2D eigenvalue weighted by molar-refractivity contribution is -0.128. The van der Waals surface area contributed by atoms with E-state index in [2.05, 4.69) is 16.7 Å². The molecule has 0 aromatic heterocycles. The van der Waals surface area contributed by atoms with Crippen LogP contribution < -0.4 is 10.6 Å². The van der Waals surface area contributed by atoms with Crippen molar-refractivity contribution in [1.29, 1.82) is 0 Å². The van der Waals surface area contributed by atoms with Crippen molar-refractivity contribution in [3.8, 4) is 0 Å². The topological polar surface area (TPSA) is 61.4 Å². The van der Waals surface area contributed by atoms with Crippen LogP contribution in [-0.4, -0.2) is 42.5 Å². The Kier molecular flexibility index (Phi) is 7.87. The second kappa shape index (κ2) is 9.42. The van der Waals surface area contributed by atoms with Gasteiger partial charge in [0.25, 0.3) is 0 Å². The molecule has 0 aromatic rings. The molecule has 1 aliphatic rings. The summed E-state index contributed by atoms with van der Waals surface area (Å²) in [5.41, 5.74) is 1.47. The molecule has 3 amide bonds. The Hall–Kier alpha value is -1.52. The maximum Gasteiger partial charge on any atom is 0.315 e. The van der Waals surface area contributed by atoms with Crippen LogP contribution in [0.15, 0.2) is 11.6 Å². The van der Waals surface area contributed by atoms with Gasteiger partial charge in [-0.25, -0.2) is 4.79 Å². The van der Waals surface area contributed by atoms with Gasteiger partial charge in [-0.15, -0.1) is 0 Å². The minimum atomic E-state index is -0.177. The molecule has 5 nitrogen and oxygen atoms in total. The second-order valence-electron chi connectivity index (χ2n) is 5.92. The molecule has 120 valence electrons. The third kappa shape index (κ3) is 7.73. The SMILES string of the molecule is CC(=O)N(CCNC(=O)NC(C)C)CCC1=CCCCC1. The van der Waals surface area contributed by atoms with Gasteiger partial charge in [-0.2, -0.15) is 0 Å². The summed E-state index contributed by atoms with van der Waals surface area (Å²) in [6.07, 6.45) is 8.17. The number of amides is 3. The molecule has 0 aromatic carbocycles. The van der Waals surface area contributed by atoms with Crippen LogP contribution >= 0.6 is 0 Å². The van der Waals surface area contributed by atoms with E-state index in [1.165, 1.54) is 31.3 Å². The first-order chi connectivity index (χ1) is 9.99. The molecule has 0 radical (unpaired) electrons. The number of nitrogens with one attached hydrogen (secondary N) is 2. The number of carbonyl (C=O) groups excluding carboxylic acids is 2. The fraction of sp³-hybridized carbons (Fsp3) is 0.750. The third-order valence-electron chi connectivity index (χ3n) is 3.62. The summed E-state index contributed by atoms with van der Waals surface area (Å²) in [7, 11) is 0. The lowest BCUT2D eigenvalue weighted by Gasteiger charge is -2.23. The molecule has 0 atom stereocenters. The Labute approximate surface area is 128 Å². The number of carbonyl (C=O) groups is 2. The fourth-order valence-electron chi connectivity index (χ4n) is 2.45. The number of hydrogen-bond donors (Lipinski definition) is 2. The maximum atomic E-state index is 11.6. The predicted octanol–water partition coefficient (Wildman–Crippen LogP) is 2.43. The normalized spacial score (nSPS) is 14.6. The molecule has 2 N–H and O–H groups in total. The van der Waals surface area contributed by atoms with Crippen LogP contribution in [-0.2, 0) is 4.79 Å². The van der Waals surface area contributed by atoms with Crippen molar-refractivity contribution in [2.45, 2.75) is 58.9 Å². The number of nitrogens with zero attached hydrogens (tertiary/aromatic N) is 1. The van der Waals surface area contributed by atoms with Crippen molar-refractivity contribution in [3.63, 3.8) is 0 Å². The lowest BCUT2D eigenvalue weighted by Crippen LogP contribution is -2.43. The summed E-state index contributed by atoms with van der Waals surface area (Å²) >= 11 is 0. The average molecular weight is 295 g/mol. The van der Waals surface area contributed by atoms with Crippen LogP contribution in [0.3, 0.4) is 0 Å². The summed E-state index contributed by atoms with van der Waals surface area (Å²) in [6.45, 7) is 7.21. The summed E-state index contributed by atoms with van der Waals surface area (Å²) in [4.78, 5) is 24.9. The zero-order valence-electron chi connectivity index (χ0n) is 13.6. The van der Waals surface area contributed by atoms with Gasteiger partial charge in [0.1, 0.15) is 0 Å². The lowest BCUT2D eigenvalue weighted by atomic mass is 9.97. The van der Waals surface area contributed by atoms with Gasteiger partial charge in [0.15, 0.2) is 0 Å². The number of allylic oxidation sites excluding steroid dienone is 1. The van der Waals surface area contributed by atoms with E-state index in [0.717, 1.165) is 13.0 Å². The van der Waals surface area contributed by atoms with Gasteiger partial charge >= 0.3 is 6.03 Å². The van der Waals surface area contributed by atoms with Crippen LogP contribution in [0.25, 0.3) is 0 Å². The summed E-state index contributed by atoms with van der Waals surface area (Å²) in [5.74, 6) is 0.0671. The minimum Gasteiger partial charge on any atom is -0.341 e. The molecular weight excluding hydrogens is 266 g/mol. The molecule has 0 aliphatic heterocycles. The molecule has 21 heavy (non-hydrogen) atoms. The van der Waals surface area contributed by atoms with E-state index < -0.39 is 0 Å². The Morgan fingerprint density at radius 2 is 2.05 bits per heavy atom. The zero-order chi connectivity index (χ0) is 15.7. The first-order valence-electron chi connectivity index (χ1n) is 7.97. The predicted molar refractivity (Wildman–Crippen MR) is 85.1 cm³/mol. The van der Waals surface area contributed by atoms with E-state index in [4.69, 9.17) is 0 Å². The molecule has 0 bridgehead atoms. The van der Waals surface area contributed by atoms with E-state index in [0.29, 0.717) is 13.1 Å². The van der Waals surface area contributed by atoms with E-state index in [-0.39, 0.29) is 18.0 Å². The largest absolute Gasteiger partial charge is 0.341 e. The fourth-order valence-corrected chi connectivity index (χ4v) is 2.45. The molecule has 0 saturated carbocycles. The minimum absolute atomic E-state index is 0.0671. The van der Waals surface area contributed by atoms with Crippen molar-refractivity contribution in [2.24, 2.45) is 0 Å². The van der Waals surface area contributed by atoms with Gasteiger partial charge in [-0.3, -0.25) is 4.79 Å². The van der Waals surface area contributed by atoms with E-state index in [1.807, 2.05) is 18.7 Å². The summed E-state index contributed by atoms with van der Waals surface area (Å²) in [6, 6.07) is -0.0596. The summed E-state index contributed by atoms with van der Waals surface area (Å²) in [5, 5.41) is 5.55. The third-order valence-corrected chi connectivity index (χ3v) is 3.62. The first kappa shape index (κ1) is 17.5. The van der Waals surface area contributed by atoms with Crippen molar-refractivity contribution in [3.05, 3.63) is 11.6 Å². The molecular formula is C16H29N3O2. The molecule has 0 saturated heterocycles. The summed E-state index contributed by atoms with van der Waals surface area (Å²) < 4.78 is 0. The van der Waals surface area contributed by atoms with Gasteiger partial charge in [-0.05, 0) is 46.0 Å². The molecule has 0 heterocycles. The van der Waals surface area contributed by atoms with Gasteiger partial charge in [0, 0.05) is 32.6 Å². The quantitative estimate of drug-likeness (QED) is 0.709. The monoisotopic (exact) mass is 295 g/mol. The Morgan fingerprint density at radius 3 is 2.62 bits per heavy atom. The van der Waals surface area contributed by atoms with Crippen molar-refractivity contribution >= 4 is 11.9 Å². The van der Waals surface area contributed by atoms with E-state index >= 15 is 0 Å². The van der Waals surface area contributed by atoms with Crippen LogP contribution in [0.1, 0.15) is 52.9 Å². The first-order valence-corrected chi connectivity index (χ1v) is 7.97. The highest BCUT2D eigenvalue weighted by Gasteiger charge is 2.11. The van der Waals surface area contributed by atoms with Crippen molar-refractivity contribution in [1.82, 2.24) is 15.5 Å². The number of rotatable bonds is 7. The highest BCUT2D eigenvalue weighted by atomic mass is 16.2. The average Bonchev–Trinajstić information content (AvgIpc) is 2.42. The Morgan fingerprint density at radius 1 is 1.29 bits per heavy atom. The van der Waals surface area contributed by atoms with Crippen LogP contribution in [0.2, 0.25) is 0 Å². The van der Waals surface area contributed by atoms with Crippen molar-refractivity contribution < 1.29 is 9.59 Å². The molecule has 0 unspecified atom stereocenters. The van der Waals surface area contributed by atoms with Gasteiger partial charge in [0.2, 0.25) is 5.91 Å². The van der Waals surface area contributed by atoms with E-state index in [1.54, 1.807) is 6.92 Å². The van der Waals surface area contributed by atoms with Crippen LogP contribution in [0.4, 0.5) is 4.79 Å². The van der Waals surface area contributed by atoms with Crippen LogP contribution in [0.5, 0.6) is 0 Å². The maximum absolute atomic E-state index is 11.6. The van der Waals surface area contributed by atoms with Crippen LogP contribution in [0, 0.1) is 0 Å². The Balaban J connectivity index is 2.28. The molecule has 0 fully saturated rings. The zero-order valence-corrected chi connectivity index (χ0v) is 13.6. The second-order valence-corrected chi connectivity index (χ2v) is 5.92. The molecule has 1 rings (SSSR count). The van der Waals surface area contributed by atoms with E-state index in [9.17, 15) is 9.59 Å². The van der Waals surface area contributed by atoms with Gasteiger partial charge < -0.3 is 15.5 Å². The Bertz CT molecular complexity index is 378. The number of urea groups is 1. The van der Waals surface area contributed by atoms with Crippen molar-refractivity contribution in [2.75, 3.05) is 19.6 Å². The standard InChI is InChI=1S/C16H29N3O2/c1-13(2)18-16(21)17-10-12-19(14(3)20)11-9-15-7-5-4-6-8-15/h7,13H,4-6,8-12H2,1-3H3,(H2,17,18,21). The molecule has 5 heteroatoms. The highest BCUT2D eigenvalue weighted by molar-refractivity contribution is 5.75. The smallest absolute Gasteiger partial charge is 0.315 e. The molecule has 1 aliphatic carbocycles. The molecule has 0 spiro atoms. The van der Waals surface area contributed by atoms with Gasteiger partial charge in [0.05, 0.1) is 0 Å².